The highest BCUT2D eigenvalue weighted by atomic mass is 16.5. The van der Waals surface area contributed by atoms with Crippen LogP contribution in [0.1, 0.15) is 32.6 Å². The van der Waals surface area contributed by atoms with Gasteiger partial charge in [-0.1, -0.05) is 6.92 Å². The van der Waals surface area contributed by atoms with E-state index in [1.807, 2.05) is 0 Å². The van der Waals surface area contributed by atoms with Crippen molar-refractivity contribution in [2.45, 2.75) is 32.6 Å². The molecule has 0 bridgehead atoms. The minimum absolute atomic E-state index is 0.860. The molecule has 1 fully saturated rings. The molecule has 0 amide bonds. The molecule has 0 aliphatic carbocycles. The number of ether oxygens (including phenoxy) is 1. The fourth-order valence-corrected chi connectivity index (χ4v) is 2.42. The van der Waals surface area contributed by atoms with Gasteiger partial charge in [-0.05, 0) is 57.8 Å². The number of rotatable bonds is 8. The summed E-state index contributed by atoms with van der Waals surface area (Å²) in [4.78, 5) is 2.49. The Morgan fingerprint density at radius 2 is 2.25 bits per heavy atom. The molecule has 3 heteroatoms. The van der Waals surface area contributed by atoms with Gasteiger partial charge in [0.05, 0.1) is 6.61 Å². The van der Waals surface area contributed by atoms with Gasteiger partial charge in [-0.25, -0.2) is 0 Å². The number of methoxy groups -OCH3 is 1. The van der Waals surface area contributed by atoms with Gasteiger partial charge in [0.2, 0.25) is 0 Å². The summed E-state index contributed by atoms with van der Waals surface area (Å²) in [5.41, 5.74) is 0. The van der Waals surface area contributed by atoms with E-state index in [-0.39, 0.29) is 0 Å². The van der Waals surface area contributed by atoms with Crippen molar-refractivity contribution in [3.8, 4) is 0 Å². The number of nitrogens with one attached hydrogen (secondary N) is 1. The molecule has 1 saturated heterocycles. The average molecular weight is 228 g/mol. The van der Waals surface area contributed by atoms with E-state index < -0.39 is 0 Å². The maximum absolute atomic E-state index is 5.12. The summed E-state index contributed by atoms with van der Waals surface area (Å²) in [6.45, 7) is 9.02. The highest BCUT2D eigenvalue weighted by Gasteiger charge is 2.12. The van der Waals surface area contributed by atoms with Gasteiger partial charge in [0.1, 0.15) is 0 Å². The lowest BCUT2D eigenvalue weighted by Gasteiger charge is -2.24. The first-order chi connectivity index (χ1) is 7.86. The van der Waals surface area contributed by atoms with Crippen LogP contribution in [-0.4, -0.2) is 51.3 Å². The normalized spacial score (nSPS) is 21.6. The van der Waals surface area contributed by atoms with Gasteiger partial charge in [0.25, 0.3) is 0 Å². The van der Waals surface area contributed by atoms with Crippen molar-refractivity contribution < 1.29 is 4.74 Å². The van der Waals surface area contributed by atoms with Crippen LogP contribution >= 0.6 is 0 Å². The SMILES string of the molecule is CCN(CCCC1CCCNC1)CCOC. The second-order valence-corrected chi connectivity index (χ2v) is 4.78. The van der Waals surface area contributed by atoms with E-state index in [1.54, 1.807) is 7.11 Å². The molecule has 3 nitrogen and oxygen atoms in total. The van der Waals surface area contributed by atoms with E-state index in [9.17, 15) is 0 Å². The minimum Gasteiger partial charge on any atom is -0.383 e. The average Bonchev–Trinajstić information content (AvgIpc) is 2.35. The summed E-state index contributed by atoms with van der Waals surface area (Å²) in [5, 5.41) is 3.49. The molecule has 1 N–H and O–H groups in total. The van der Waals surface area contributed by atoms with Gasteiger partial charge in [-0.2, -0.15) is 0 Å². The van der Waals surface area contributed by atoms with Crippen molar-refractivity contribution in [2.75, 3.05) is 46.4 Å². The molecule has 1 unspecified atom stereocenters. The minimum atomic E-state index is 0.860. The molecule has 16 heavy (non-hydrogen) atoms. The smallest absolute Gasteiger partial charge is 0.0589 e. The van der Waals surface area contributed by atoms with Crippen molar-refractivity contribution in [3.05, 3.63) is 0 Å². The molecule has 96 valence electrons. The predicted molar refractivity (Wildman–Crippen MR) is 68.8 cm³/mol. The predicted octanol–water partition coefficient (Wildman–Crippen LogP) is 1.73. The summed E-state index contributed by atoms with van der Waals surface area (Å²) in [5.74, 6) is 0.926. The Hall–Kier alpha value is -0.120. The number of likely N-dealkylation sites (N-methyl/N-ethyl adjacent to an activating group) is 1. The molecule has 0 spiro atoms. The van der Waals surface area contributed by atoms with E-state index in [2.05, 4.69) is 17.1 Å². The summed E-state index contributed by atoms with van der Waals surface area (Å²) in [6, 6.07) is 0. The van der Waals surface area contributed by atoms with Crippen molar-refractivity contribution in [2.24, 2.45) is 5.92 Å². The Bertz CT molecular complexity index is 158. The van der Waals surface area contributed by atoms with E-state index >= 15 is 0 Å². The lowest BCUT2D eigenvalue weighted by Crippen LogP contribution is -2.31. The second kappa shape index (κ2) is 8.97. The Kier molecular flexibility index (Phi) is 7.81. The summed E-state index contributed by atoms with van der Waals surface area (Å²) in [7, 11) is 1.78. The van der Waals surface area contributed by atoms with Crippen LogP contribution in [0.5, 0.6) is 0 Å². The highest BCUT2D eigenvalue weighted by molar-refractivity contribution is 4.69. The Morgan fingerprint density at radius 3 is 2.88 bits per heavy atom. The molecule has 1 rings (SSSR count). The molecule has 1 heterocycles. The van der Waals surface area contributed by atoms with Crippen LogP contribution in [0.4, 0.5) is 0 Å². The monoisotopic (exact) mass is 228 g/mol. The van der Waals surface area contributed by atoms with Gasteiger partial charge in [0, 0.05) is 13.7 Å². The van der Waals surface area contributed by atoms with Gasteiger partial charge in [0.15, 0.2) is 0 Å². The number of nitrogens with zero attached hydrogens (tertiary/aromatic N) is 1. The largest absolute Gasteiger partial charge is 0.383 e. The lowest BCUT2D eigenvalue weighted by atomic mass is 9.95. The van der Waals surface area contributed by atoms with E-state index in [4.69, 9.17) is 4.74 Å². The highest BCUT2D eigenvalue weighted by Crippen LogP contribution is 2.15. The van der Waals surface area contributed by atoms with E-state index in [0.717, 1.165) is 25.6 Å². The molecule has 1 atom stereocenters. The first-order valence-electron chi connectivity index (χ1n) is 6.78. The van der Waals surface area contributed by atoms with Gasteiger partial charge < -0.3 is 15.0 Å². The Balaban J connectivity index is 2.02. The summed E-state index contributed by atoms with van der Waals surface area (Å²) < 4.78 is 5.12. The standard InChI is InChI=1S/C13H28N2O/c1-3-15(10-11-16-2)9-5-7-13-6-4-8-14-12-13/h13-14H,3-12H2,1-2H3. The van der Waals surface area contributed by atoms with Crippen LogP contribution in [0.15, 0.2) is 0 Å². The maximum Gasteiger partial charge on any atom is 0.0589 e. The van der Waals surface area contributed by atoms with E-state index in [1.165, 1.54) is 45.3 Å². The van der Waals surface area contributed by atoms with Crippen LogP contribution in [0.2, 0.25) is 0 Å². The zero-order valence-corrected chi connectivity index (χ0v) is 11.0. The molecular weight excluding hydrogens is 200 g/mol. The maximum atomic E-state index is 5.12. The lowest BCUT2D eigenvalue weighted by molar-refractivity contribution is 0.148. The van der Waals surface area contributed by atoms with Crippen LogP contribution < -0.4 is 5.32 Å². The van der Waals surface area contributed by atoms with Gasteiger partial charge in [-0.15, -0.1) is 0 Å². The molecule has 0 aromatic rings. The van der Waals surface area contributed by atoms with Crippen LogP contribution in [0, 0.1) is 5.92 Å². The van der Waals surface area contributed by atoms with Crippen molar-refractivity contribution in [3.63, 3.8) is 0 Å². The molecule has 0 radical (unpaired) electrons. The van der Waals surface area contributed by atoms with Gasteiger partial charge in [-0.3, -0.25) is 0 Å². The quantitative estimate of drug-likeness (QED) is 0.685. The fraction of sp³-hybridized carbons (Fsp3) is 1.00. The number of hydrogen-bond acceptors (Lipinski definition) is 3. The molecule has 0 saturated carbocycles. The van der Waals surface area contributed by atoms with Crippen molar-refractivity contribution >= 4 is 0 Å². The topological polar surface area (TPSA) is 24.5 Å². The summed E-state index contributed by atoms with van der Waals surface area (Å²) >= 11 is 0. The zero-order valence-electron chi connectivity index (χ0n) is 11.0. The Labute approximate surface area is 101 Å². The molecule has 0 aromatic heterocycles. The van der Waals surface area contributed by atoms with Crippen LogP contribution in [-0.2, 0) is 4.74 Å². The van der Waals surface area contributed by atoms with Gasteiger partial charge >= 0.3 is 0 Å². The third-order valence-electron chi connectivity index (χ3n) is 3.54. The third-order valence-corrected chi connectivity index (χ3v) is 3.54. The van der Waals surface area contributed by atoms with Crippen LogP contribution in [0.3, 0.4) is 0 Å². The third kappa shape index (κ3) is 5.83. The fourth-order valence-electron chi connectivity index (χ4n) is 2.42. The molecule has 0 aromatic carbocycles. The zero-order chi connectivity index (χ0) is 11.6. The second-order valence-electron chi connectivity index (χ2n) is 4.78. The molecular formula is C13H28N2O. The van der Waals surface area contributed by atoms with Crippen molar-refractivity contribution in [1.82, 2.24) is 10.2 Å². The van der Waals surface area contributed by atoms with E-state index in [0.29, 0.717) is 0 Å². The summed E-state index contributed by atoms with van der Waals surface area (Å²) in [6.07, 6.45) is 5.52. The molecule has 1 aliphatic rings. The van der Waals surface area contributed by atoms with Crippen LogP contribution in [0.25, 0.3) is 0 Å². The number of hydrogen-bond donors (Lipinski definition) is 1. The first-order valence-corrected chi connectivity index (χ1v) is 6.78. The van der Waals surface area contributed by atoms with Crippen molar-refractivity contribution in [1.29, 1.82) is 0 Å². The first kappa shape index (κ1) is 13.9. The Morgan fingerprint density at radius 1 is 1.38 bits per heavy atom. The molecule has 1 aliphatic heterocycles. The number of piperidine rings is 1.